The minimum Gasteiger partial charge on any atom is -0.465 e. The predicted molar refractivity (Wildman–Crippen MR) is 73.8 cm³/mol. The van der Waals surface area contributed by atoms with Gasteiger partial charge in [-0.3, -0.25) is 0 Å². The van der Waals surface area contributed by atoms with Crippen LogP contribution in [0.4, 0.5) is 10.5 Å². The van der Waals surface area contributed by atoms with E-state index in [1.165, 1.54) is 7.11 Å². The molecule has 0 saturated carbocycles. The minimum absolute atomic E-state index is 0.113. The van der Waals surface area contributed by atoms with Crippen molar-refractivity contribution in [3.63, 3.8) is 0 Å². The summed E-state index contributed by atoms with van der Waals surface area (Å²) in [5, 5.41) is 5.45. The average Bonchev–Trinajstić information content (AvgIpc) is 2.98. The van der Waals surface area contributed by atoms with Crippen LogP contribution in [0, 0.1) is 0 Å². The second-order valence-electron chi connectivity index (χ2n) is 4.54. The van der Waals surface area contributed by atoms with Gasteiger partial charge in [0.25, 0.3) is 0 Å². The number of anilines is 1. The summed E-state index contributed by atoms with van der Waals surface area (Å²) in [5.74, 6) is -0.403. The van der Waals surface area contributed by atoms with E-state index in [0.717, 1.165) is 19.4 Å². The van der Waals surface area contributed by atoms with Crippen LogP contribution in [0.15, 0.2) is 24.3 Å². The highest BCUT2D eigenvalue weighted by molar-refractivity contribution is 5.92. The van der Waals surface area contributed by atoms with Gasteiger partial charge in [-0.2, -0.15) is 0 Å². The fourth-order valence-electron chi connectivity index (χ4n) is 1.99. The first-order valence-electron chi connectivity index (χ1n) is 6.54. The first kappa shape index (κ1) is 14.3. The Morgan fingerprint density at radius 2 is 2.10 bits per heavy atom. The number of carbonyl (C=O) groups is 2. The van der Waals surface area contributed by atoms with Crippen molar-refractivity contribution >= 4 is 17.7 Å². The Morgan fingerprint density at radius 3 is 2.70 bits per heavy atom. The quantitative estimate of drug-likeness (QED) is 0.823. The van der Waals surface area contributed by atoms with Crippen molar-refractivity contribution in [3.05, 3.63) is 29.8 Å². The molecule has 1 aromatic rings. The van der Waals surface area contributed by atoms with Crippen molar-refractivity contribution in [3.8, 4) is 0 Å². The zero-order chi connectivity index (χ0) is 14.4. The molecule has 2 amide bonds. The van der Waals surface area contributed by atoms with Gasteiger partial charge in [-0.25, -0.2) is 9.59 Å². The lowest BCUT2D eigenvalue weighted by atomic mass is 10.2. The Kier molecular flexibility index (Phi) is 4.95. The second kappa shape index (κ2) is 6.91. The van der Waals surface area contributed by atoms with Gasteiger partial charge in [-0.05, 0) is 37.1 Å². The summed E-state index contributed by atoms with van der Waals surface area (Å²) in [6.07, 6.45) is 2.14. The number of nitrogens with one attached hydrogen (secondary N) is 2. The van der Waals surface area contributed by atoms with Crippen LogP contribution in [0.2, 0.25) is 0 Å². The Balaban J connectivity index is 1.80. The molecule has 1 fully saturated rings. The third-order valence-electron chi connectivity index (χ3n) is 3.08. The highest BCUT2D eigenvalue weighted by Gasteiger charge is 2.16. The van der Waals surface area contributed by atoms with Crippen molar-refractivity contribution in [2.45, 2.75) is 18.9 Å². The van der Waals surface area contributed by atoms with Crippen molar-refractivity contribution in [2.75, 3.05) is 25.6 Å². The number of ether oxygens (including phenoxy) is 2. The van der Waals surface area contributed by atoms with Crippen LogP contribution < -0.4 is 10.6 Å². The summed E-state index contributed by atoms with van der Waals surface area (Å²) >= 11 is 0. The van der Waals surface area contributed by atoms with Crippen LogP contribution in [0.25, 0.3) is 0 Å². The highest BCUT2D eigenvalue weighted by Crippen LogP contribution is 2.12. The normalized spacial score (nSPS) is 17.6. The van der Waals surface area contributed by atoms with Gasteiger partial charge in [-0.15, -0.1) is 0 Å². The Morgan fingerprint density at radius 1 is 1.35 bits per heavy atom. The molecule has 1 aromatic carbocycles. The van der Waals surface area contributed by atoms with E-state index < -0.39 is 5.97 Å². The van der Waals surface area contributed by atoms with Crippen LogP contribution in [-0.2, 0) is 9.47 Å². The van der Waals surface area contributed by atoms with Crippen LogP contribution in [-0.4, -0.2) is 38.4 Å². The Labute approximate surface area is 117 Å². The molecule has 1 unspecified atom stereocenters. The summed E-state index contributed by atoms with van der Waals surface area (Å²) in [6.45, 7) is 1.27. The fraction of sp³-hybridized carbons (Fsp3) is 0.429. The van der Waals surface area contributed by atoms with Gasteiger partial charge in [0.2, 0.25) is 0 Å². The number of rotatable bonds is 4. The van der Waals surface area contributed by atoms with Crippen LogP contribution in [0.5, 0.6) is 0 Å². The summed E-state index contributed by atoms with van der Waals surface area (Å²) < 4.78 is 10.0. The summed E-state index contributed by atoms with van der Waals surface area (Å²) in [7, 11) is 1.33. The van der Waals surface area contributed by atoms with Gasteiger partial charge in [0, 0.05) is 18.8 Å². The van der Waals surface area contributed by atoms with Gasteiger partial charge in [0.05, 0.1) is 18.8 Å². The van der Waals surface area contributed by atoms with E-state index in [1.807, 2.05) is 0 Å². The standard InChI is InChI=1S/C14H18N2O4/c1-19-13(17)10-4-6-11(7-5-10)16-14(18)15-9-12-3-2-8-20-12/h4-7,12H,2-3,8-9H2,1H3,(H2,15,16,18). The van der Waals surface area contributed by atoms with E-state index in [1.54, 1.807) is 24.3 Å². The monoisotopic (exact) mass is 278 g/mol. The molecule has 1 saturated heterocycles. The van der Waals surface area contributed by atoms with E-state index in [0.29, 0.717) is 17.8 Å². The topological polar surface area (TPSA) is 76.7 Å². The van der Waals surface area contributed by atoms with E-state index in [4.69, 9.17) is 4.74 Å². The molecule has 20 heavy (non-hydrogen) atoms. The molecule has 0 bridgehead atoms. The SMILES string of the molecule is COC(=O)c1ccc(NC(=O)NCC2CCCO2)cc1. The number of methoxy groups -OCH3 is 1. The molecule has 1 atom stereocenters. The predicted octanol–water partition coefficient (Wildman–Crippen LogP) is 1.77. The van der Waals surface area contributed by atoms with Crippen molar-refractivity contribution in [1.82, 2.24) is 5.32 Å². The first-order chi connectivity index (χ1) is 9.69. The van der Waals surface area contributed by atoms with Gasteiger partial charge in [0.1, 0.15) is 0 Å². The van der Waals surface area contributed by atoms with Gasteiger partial charge in [-0.1, -0.05) is 0 Å². The molecular formula is C14H18N2O4. The number of amides is 2. The molecule has 2 rings (SSSR count). The molecule has 0 radical (unpaired) electrons. The molecule has 2 N–H and O–H groups in total. The molecule has 6 nitrogen and oxygen atoms in total. The van der Waals surface area contributed by atoms with Crippen molar-refractivity contribution in [2.24, 2.45) is 0 Å². The van der Waals surface area contributed by atoms with Gasteiger partial charge >= 0.3 is 12.0 Å². The average molecular weight is 278 g/mol. The zero-order valence-corrected chi connectivity index (χ0v) is 11.3. The molecule has 0 aromatic heterocycles. The lowest BCUT2D eigenvalue weighted by molar-refractivity contribution is 0.0600. The lowest BCUT2D eigenvalue weighted by Crippen LogP contribution is -2.35. The third kappa shape index (κ3) is 3.96. The van der Waals surface area contributed by atoms with Gasteiger partial charge in [0.15, 0.2) is 0 Å². The fourth-order valence-corrected chi connectivity index (χ4v) is 1.99. The maximum Gasteiger partial charge on any atom is 0.337 e. The lowest BCUT2D eigenvalue weighted by Gasteiger charge is -2.11. The number of esters is 1. The number of hydrogen-bond acceptors (Lipinski definition) is 4. The molecular weight excluding hydrogens is 260 g/mol. The maximum absolute atomic E-state index is 11.7. The summed E-state index contributed by atoms with van der Waals surface area (Å²) in [6, 6.07) is 6.21. The number of carbonyl (C=O) groups excluding carboxylic acids is 2. The molecule has 108 valence electrons. The van der Waals surface area contributed by atoms with Crippen molar-refractivity contribution in [1.29, 1.82) is 0 Å². The molecule has 6 heteroatoms. The van der Waals surface area contributed by atoms with E-state index >= 15 is 0 Å². The maximum atomic E-state index is 11.7. The van der Waals surface area contributed by atoms with Crippen LogP contribution >= 0.6 is 0 Å². The molecule has 0 aliphatic carbocycles. The van der Waals surface area contributed by atoms with Crippen LogP contribution in [0.3, 0.4) is 0 Å². The third-order valence-corrected chi connectivity index (χ3v) is 3.08. The summed E-state index contributed by atoms with van der Waals surface area (Å²) in [5.41, 5.74) is 1.06. The van der Waals surface area contributed by atoms with Gasteiger partial charge < -0.3 is 20.1 Å². The highest BCUT2D eigenvalue weighted by atomic mass is 16.5. The molecule has 1 heterocycles. The van der Waals surface area contributed by atoms with E-state index in [9.17, 15) is 9.59 Å². The van der Waals surface area contributed by atoms with Crippen LogP contribution in [0.1, 0.15) is 23.2 Å². The van der Waals surface area contributed by atoms with E-state index in [-0.39, 0.29) is 12.1 Å². The number of benzene rings is 1. The Hall–Kier alpha value is -2.08. The minimum atomic E-state index is -0.403. The zero-order valence-electron chi connectivity index (χ0n) is 11.3. The smallest absolute Gasteiger partial charge is 0.337 e. The number of urea groups is 1. The van der Waals surface area contributed by atoms with Crippen molar-refractivity contribution < 1.29 is 19.1 Å². The molecule has 1 aliphatic rings. The molecule has 0 spiro atoms. The Bertz CT molecular complexity index is 467. The largest absolute Gasteiger partial charge is 0.465 e. The summed E-state index contributed by atoms with van der Waals surface area (Å²) in [4.78, 5) is 22.9. The second-order valence-corrected chi connectivity index (χ2v) is 4.54. The van der Waals surface area contributed by atoms with E-state index in [2.05, 4.69) is 15.4 Å². The molecule has 1 aliphatic heterocycles. The first-order valence-corrected chi connectivity index (χ1v) is 6.54. The number of hydrogen-bond donors (Lipinski definition) is 2.